The number of hydrogen-bond acceptors (Lipinski definition) is 10. The van der Waals surface area contributed by atoms with E-state index in [1.165, 1.54) is 0 Å². The highest BCUT2D eigenvalue weighted by atomic mass is 16.5. The topological polar surface area (TPSA) is 134 Å². The predicted molar refractivity (Wildman–Crippen MR) is 114 cm³/mol. The molecule has 0 aromatic carbocycles. The second-order valence-corrected chi connectivity index (χ2v) is 7.99. The highest BCUT2D eigenvalue weighted by Crippen LogP contribution is 2.37. The number of ether oxygens (including phenoxy) is 1. The van der Waals surface area contributed by atoms with Gasteiger partial charge in [0.15, 0.2) is 0 Å². The lowest BCUT2D eigenvalue weighted by Crippen LogP contribution is -2.40. The third kappa shape index (κ3) is 3.74. The third-order valence-electron chi connectivity index (χ3n) is 6.18. The van der Waals surface area contributed by atoms with Gasteiger partial charge >= 0.3 is 0 Å². The van der Waals surface area contributed by atoms with Crippen LogP contribution in [-0.2, 0) is 16.0 Å². The molecule has 0 aliphatic carbocycles. The van der Waals surface area contributed by atoms with Gasteiger partial charge in [0, 0.05) is 62.3 Å². The van der Waals surface area contributed by atoms with Gasteiger partial charge in [0.1, 0.15) is 12.4 Å². The van der Waals surface area contributed by atoms with E-state index in [0.717, 1.165) is 55.1 Å². The number of rotatable bonds is 4. The number of anilines is 3. The van der Waals surface area contributed by atoms with Gasteiger partial charge in [0.2, 0.25) is 17.8 Å². The van der Waals surface area contributed by atoms with Crippen molar-refractivity contribution in [2.24, 2.45) is 0 Å². The van der Waals surface area contributed by atoms with Crippen LogP contribution in [0.5, 0.6) is 0 Å². The number of aliphatic hydroxyl groups is 1. The van der Waals surface area contributed by atoms with E-state index in [1.54, 1.807) is 17.3 Å². The van der Waals surface area contributed by atoms with Gasteiger partial charge in [0.25, 0.3) is 0 Å². The fourth-order valence-corrected chi connectivity index (χ4v) is 4.55. The Labute approximate surface area is 179 Å². The van der Waals surface area contributed by atoms with Crippen molar-refractivity contribution < 1.29 is 14.6 Å². The number of morpholine rings is 1. The van der Waals surface area contributed by atoms with Crippen molar-refractivity contribution >= 4 is 23.6 Å². The van der Waals surface area contributed by atoms with Gasteiger partial charge < -0.3 is 30.3 Å². The molecule has 5 heterocycles. The van der Waals surface area contributed by atoms with Gasteiger partial charge in [-0.2, -0.15) is 4.98 Å². The number of aromatic nitrogens is 4. The lowest BCUT2D eigenvalue weighted by atomic mass is 10.1. The Balaban J connectivity index is 1.52. The molecule has 0 unspecified atom stereocenters. The number of likely N-dealkylation sites (tertiary alicyclic amines) is 1. The molecule has 0 saturated carbocycles. The number of carbonyl (C=O) groups excluding carboxylic acids is 1. The van der Waals surface area contributed by atoms with Crippen molar-refractivity contribution in [1.82, 2.24) is 24.8 Å². The summed E-state index contributed by atoms with van der Waals surface area (Å²) in [5.41, 5.74) is 8.39. The molecule has 0 radical (unpaired) electrons. The van der Waals surface area contributed by atoms with E-state index in [9.17, 15) is 9.90 Å². The maximum absolute atomic E-state index is 11.9. The lowest BCUT2D eigenvalue weighted by molar-refractivity contribution is -0.133. The molecular weight excluding hydrogens is 400 g/mol. The zero-order valence-electron chi connectivity index (χ0n) is 17.3. The first-order valence-corrected chi connectivity index (χ1v) is 10.6. The number of hydrogen-bond donors (Lipinski definition) is 2. The van der Waals surface area contributed by atoms with Gasteiger partial charge in [0.05, 0.1) is 18.9 Å². The van der Waals surface area contributed by atoms with Crippen LogP contribution >= 0.6 is 0 Å². The lowest BCUT2D eigenvalue weighted by Gasteiger charge is -2.30. The zero-order chi connectivity index (χ0) is 21.4. The van der Waals surface area contributed by atoms with Crippen LogP contribution in [0.15, 0.2) is 12.4 Å². The van der Waals surface area contributed by atoms with Gasteiger partial charge in [-0.3, -0.25) is 4.79 Å². The van der Waals surface area contributed by atoms with Crippen LogP contribution in [-0.4, -0.2) is 94.4 Å². The Hall–Kier alpha value is -3.05. The van der Waals surface area contributed by atoms with Crippen LogP contribution in [0, 0.1) is 0 Å². The molecule has 1 atom stereocenters. The summed E-state index contributed by atoms with van der Waals surface area (Å²) >= 11 is 0. The molecule has 0 bridgehead atoms. The van der Waals surface area contributed by atoms with Crippen molar-refractivity contribution in [1.29, 1.82) is 0 Å². The van der Waals surface area contributed by atoms with Crippen LogP contribution in [0.3, 0.4) is 0 Å². The average molecular weight is 426 g/mol. The van der Waals surface area contributed by atoms with E-state index in [2.05, 4.69) is 19.8 Å². The number of nitrogens with two attached hydrogens (primary N) is 1. The number of nitrogens with zero attached hydrogens (tertiary/aromatic N) is 7. The Morgan fingerprint density at radius 3 is 2.68 bits per heavy atom. The molecule has 31 heavy (non-hydrogen) atoms. The quantitative estimate of drug-likeness (QED) is 0.647. The van der Waals surface area contributed by atoms with Gasteiger partial charge in [-0.1, -0.05) is 0 Å². The third-order valence-corrected chi connectivity index (χ3v) is 6.18. The molecule has 11 heteroatoms. The normalized spacial score (nSPS) is 20.9. The molecule has 164 valence electrons. The van der Waals surface area contributed by atoms with Gasteiger partial charge in [-0.15, -0.1) is 0 Å². The summed E-state index contributed by atoms with van der Waals surface area (Å²) in [4.78, 5) is 36.2. The molecule has 5 rings (SSSR count). The fourth-order valence-electron chi connectivity index (χ4n) is 4.55. The summed E-state index contributed by atoms with van der Waals surface area (Å²) in [6.07, 6.45) is 5.06. The minimum Gasteiger partial charge on any atom is -0.387 e. The SMILES string of the molecule is Nc1ncc(-c2nc(N3CCOCC3)nc3c2CCN3[C@H]2CCN(C(=O)CO)C2)cn1. The van der Waals surface area contributed by atoms with Crippen molar-refractivity contribution in [2.45, 2.75) is 18.9 Å². The Morgan fingerprint density at radius 1 is 1.16 bits per heavy atom. The number of nitrogen functional groups attached to an aromatic ring is 1. The van der Waals surface area contributed by atoms with Crippen LogP contribution in [0.2, 0.25) is 0 Å². The maximum atomic E-state index is 11.9. The highest BCUT2D eigenvalue weighted by molar-refractivity contribution is 5.78. The molecule has 2 aromatic heterocycles. The fraction of sp³-hybridized carbons (Fsp3) is 0.550. The van der Waals surface area contributed by atoms with E-state index in [4.69, 9.17) is 20.4 Å². The van der Waals surface area contributed by atoms with Crippen LogP contribution in [0.4, 0.5) is 17.7 Å². The van der Waals surface area contributed by atoms with E-state index in [-0.39, 0.29) is 17.9 Å². The minimum absolute atomic E-state index is 0.166. The number of carbonyl (C=O) groups is 1. The Bertz CT molecular complexity index is 964. The van der Waals surface area contributed by atoms with E-state index >= 15 is 0 Å². The number of fused-ring (bicyclic) bond motifs is 1. The van der Waals surface area contributed by atoms with Crippen molar-refractivity contribution in [3.05, 3.63) is 18.0 Å². The number of aliphatic hydroxyl groups excluding tert-OH is 1. The van der Waals surface area contributed by atoms with E-state index < -0.39 is 6.61 Å². The van der Waals surface area contributed by atoms with Crippen LogP contribution < -0.4 is 15.5 Å². The smallest absolute Gasteiger partial charge is 0.248 e. The first-order valence-electron chi connectivity index (χ1n) is 10.6. The summed E-state index contributed by atoms with van der Waals surface area (Å²) in [5.74, 6) is 1.58. The second kappa shape index (κ2) is 8.23. The minimum atomic E-state index is -0.450. The molecule has 0 spiro atoms. The highest BCUT2D eigenvalue weighted by Gasteiger charge is 2.36. The zero-order valence-corrected chi connectivity index (χ0v) is 17.3. The first-order chi connectivity index (χ1) is 15.1. The average Bonchev–Trinajstić information content (AvgIpc) is 3.46. The molecule has 3 aliphatic rings. The molecule has 2 aromatic rings. The standard InChI is InChI=1S/C20H26N8O3/c21-19-22-9-13(10-23-19)17-15-2-4-28(14-1-3-27(11-14)16(30)12-29)18(15)25-20(24-17)26-5-7-31-8-6-26/h9-10,14,29H,1-8,11-12H2,(H2,21,22,23)/t14-/m0/s1. The molecule has 3 N–H and O–H groups in total. The van der Waals surface area contributed by atoms with Crippen molar-refractivity contribution in [3.8, 4) is 11.3 Å². The first kappa shape index (κ1) is 19.9. The van der Waals surface area contributed by atoms with Crippen LogP contribution in [0.1, 0.15) is 12.0 Å². The monoisotopic (exact) mass is 426 g/mol. The summed E-state index contributed by atoms with van der Waals surface area (Å²) in [5, 5.41) is 9.21. The van der Waals surface area contributed by atoms with Crippen molar-refractivity contribution in [3.63, 3.8) is 0 Å². The molecule has 2 fully saturated rings. The summed E-state index contributed by atoms with van der Waals surface area (Å²) in [6.45, 7) is 4.36. The van der Waals surface area contributed by atoms with Gasteiger partial charge in [-0.25, -0.2) is 15.0 Å². The predicted octanol–water partition coefficient (Wildman–Crippen LogP) is -0.692. The van der Waals surface area contributed by atoms with Crippen molar-refractivity contribution in [2.75, 3.05) is 68.1 Å². The molecule has 11 nitrogen and oxygen atoms in total. The van der Waals surface area contributed by atoms with E-state index in [1.807, 2.05) is 0 Å². The van der Waals surface area contributed by atoms with Gasteiger partial charge in [-0.05, 0) is 12.8 Å². The summed E-state index contributed by atoms with van der Waals surface area (Å²) in [6, 6.07) is 0.166. The molecule has 1 amide bonds. The van der Waals surface area contributed by atoms with Crippen LogP contribution in [0.25, 0.3) is 11.3 Å². The largest absolute Gasteiger partial charge is 0.387 e. The number of amides is 1. The Morgan fingerprint density at radius 2 is 1.94 bits per heavy atom. The molecular formula is C20H26N8O3. The summed E-state index contributed by atoms with van der Waals surface area (Å²) < 4.78 is 5.49. The summed E-state index contributed by atoms with van der Waals surface area (Å²) in [7, 11) is 0. The second-order valence-electron chi connectivity index (χ2n) is 7.99. The Kier molecular flexibility index (Phi) is 5.28. The maximum Gasteiger partial charge on any atom is 0.248 e. The molecule has 2 saturated heterocycles. The van der Waals surface area contributed by atoms with E-state index in [0.29, 0.717) is 32.3 Å². The molecule has 3 aliphatic heterocycles.